The van der Waals surface area contributed by atoms with Gasteiger partial charge in [-0.15, -0.1) is 0 Å². The number of carbonyl (C=O) groups excluding carboxylic acids is 1. The van der Waals surface area contributed by atoms with Gasteiger partial charge in [0.2, 0.25) is 0 Å². The summed E-state index contributed by atoms with van der Waals surface area (Å²) >= 11 is 7.20. The Labute approximate surface area is 273 Å². The number of nitriles is 1. The number of halogens is 2. The number of hydrogen-bond donors (Lipinski definition) is 0. The van der Waals surface area contributed by atoms with E-state index in [-0.39, 0.29) is 31.6 Å². The summed E-state index contributed by atoms with van der Waals surface area (Å²) in [5, 5.41) is 12.7. The van der Waals surface area contributed by atoms with Crippen molar-refractivity contribution in [3.63, 3.8) is 0 Å². The van der Waals surface area contributed by atoms with E-state index in [0.717, 1.165) is 41.3 Å². The molecule has 0 N–H and O–H groups in total. The van der Waals surface area contributed by atoms with Crippen molar-refractivity contribution < 1.29 is 13.9 Å². The van der Waals surface area contributed by atoms with Crippen molar-refractivity contribution in [2.24, 2.45) is 5.92 Å². The Kier molecular flexibility index (Phi) is 9.07. The van der Waals surface area contributed by atoms with Crippen molar-refractivity contribution >= 4 is 45.0 Å². The third-order valence-corrected chi connectivity index (χ3v) is 9.75. The Hall–Kier alpha value is -4.33. The number of aryl methyl sites for hydroxylation is 1. The molecule has 46 heavy (non-hydrogen) atoms. The summed E-state index contributed by atoms with van der Waals surface area (Å²) in [7, 11) is 2.11. The van der Waals surface area contributed by atoms with Crippen molar-refractivity contribution in [3.05, 3.63) is 65.6 Å². The van der Waals surface area contributed by atoms with Crippen LogP contribution in [0.15, 0.2) is 55.0 Å². The molecule has 2 aliphatic heterocycles. The Balaban J connectivity index is 1.45. The summed E-state index contributed by atoms with van der Waals surface area (Å²) in [6.45, 7) is 9.68. The van der Waals surface area contributed by atoms with Crippen LogP contribution in [0.3, 0.4) is 0 Å². The lowest BCUT2D eigenvalue weighted by Gasteiger charge is -2.41. The predicted octanol–water partition coefficient (Wildman–Crippen LogP) is 6.33. The van der Waals surface area contributed by atoms with Crippen molar-refractivity contribution in [2.75, 3.05) is 44.7 Å². The zero-order chi connectivity index (χ0) is 32.5. The minimum atomic E-state index is -1.05. The van der Waals surface area contributed by atoms with Gasteiger partial charge in [-0.3, -0.25) is 14.7 Å². The number of piperidine rings is 1. The zero-order valence-corrected chi connectivity index (χ0v) is 27.1. The normalized spacial score (nSPS) is 20.6. The Bertz CT molecular complexity index is 1850. The van der Waals surface area contributed by atoms with E-state index in [1.54, 1.807) is 6.20 Å². The molecular weight excluding hydrogens is 605 g/mol. The molecule has 11 heteroatoms. The molecular formula is C35H37ClFN7O2. The molecule has 2 aromatic heterocycles. The highest BCUT2D eigenvalue weighted by atomic mass is 35.5. The Morgan fingerprint density at radius 1 is 1.20 bits per heavy atom. The molecule has 2 aliphatic rings. The molecule has 2 unspecified atom stereocenters. The smallest absolute Gasteiger partial charge is 0.319 e. The fraction of sp³-hybridized carbons (Fsp3) is 0.400. The second kappa shape index (κ2) is 13.2. The van der Waals surface area contributed by atoms with E-state index in [1.165, 1.54) is 4.90 Å². The first-order valence-electron chi connectivity index (χ1n) is 15.6. The molecule has 9 nitrogen and oxygen atoms in total. The fourth-order valence-corrected chi connectivity index (χ4v) is 7.19. The first-order chi connectivity index (χ1) is 22.2. The van der Waals surface area contributed by atoms with Gasteiger partial charge in [0.15, 0.2) is 5.83 Å². The van der Waals surface area contributed by atoms with Crippen molar-refractivity contribution in [2.45, 2.75) is 45.2 Å². The van der Waals surface area contributed by atoms with E-state index in [9.17, 15) is 14.4 Å². The molecule has 1 amide bonds. The summed E-state index contributed by atoms with van der Waals surface area (Å²) in [6.07, 6.45) is 4.03. The van der Waals surface area contributed by atoms with Gasteiger partial charge in [0.05, 0.1) is 34.6 Å². The topological polar surface area (TPSA) is 98.5 Å². The highest BCUT2D eigenvalue weighted by Gasteiger charge is 2.34. The number of hydrogen-bond acceptors (Lipinski definition) is 8. The van der Waals surface area contributed by atoms with Gasteiger partial charge >= 0.3 is 6.01 Å². The predicted molar refractivity (Wildman–Crippen MR) is 179 cm³/mol. The van der Waals surface area contributed by atoms with Crippen molar-refractivity contribution in [3.8, 4) is 23.3 Å². The number of benzene rings is 2. The number of piperazine rings is 1. The number of carbonyl (C=O) groups is 1. The Morgan fingerprint density at radius 3 is 2.72 bits per heavy atom. The SMILES string of the molecule is C=C(F)C(=O)N1CCN(c2nc(OCC3C(C)CCCN3C)nc3c(Cl)c(-c4cccc5cccc(C)c45)ncc23)C[C@@H]1CC#N. The first-order valence-corrected chi connectivity index (χ1v) is 16.0. The van der Waals surface area contributed by atoms with Gasteiger partial charge in [-0.25, -0.2) is 4.39 Å². The van der Waals surface area contributed by atoms with Gasteiger partial charge in [0.25, 0.3) is 5.91 Å². The van der Waals surface area contributed by atoms with Gasteiger partial charge in [-0.1, -0.05) is 61.5 Å². The summed E-state index contributed by atoms with van der Waals surface area (Å²) in [5.41, 5.74) is 3.10. The average molecular weight is 642 g/mol. The zero-order valence-electron chi connectivity index (χ0n) is 26.3. The minimum absolute atomic E-state index is 0.0252. The number of likely N-dealkylation sites (tertiary alicyclic amines) is 1. The molecule has 2 fully saturated rings. The molecule has 0 radical (unpaired) electrons. The number of rotatable bonds is 7. The minimum Gasteiger partial charge on any atom is -0.462 e. The number of ether oxygens (including phenoxy) is 1. The lowest BCUT2D eigenvalue weighted by atomic mass is 9.92. The monoisotopic (exact) mass is 641 g/mol. The van der Waals surface area contributed by atoms with Crippen LogP contribution in [-0.4, -0.2) is 82.6 Å². The summed E-state index contributed by atoms with van der Waals surface area (Å²) in [5.74, 6) is -0.861. The third-order valence-electron chi connectivity index (χ3n) is 9.39. The van der Waals surface area contributed by atoms with Crippen LogP contribution in [0.4, 0.5) is 10.2 Å². The van der Waals surface area contributed by atoms with Gasteiger partial charge in [0.1, 0.15) is 17.9 Å². The highest BCUT2D eigenvalue weighted by molar-refractivity contribution is 6.38. The molecule has 3 atom stereocenters. The number of nitrogens with zero attached hydrogens (tertiary/aromatic N) is 7. The second-order valence-corrected chi connectivity index (χ2v) is 12.7. The molecule has 0 bridgehead atoms. The maximum Gasteiger partial charge on any atom is 0.319 e. The van der Waals surface area contributed by atoms with Gasteiger partial charge in [-0.05, 0) is 55.6 Å². The van der Waals surface area contributed by atoms with E-state index in [2.05, 4.69) is 56.6 Å². The maximum atomic E-state index is 13.9. The van der Waals surface area contributed by atoms with Crippen LogP contribution in [-0.2, 0) is 4.79 Å². The third kappa shape index (κ3) is 5.97. The van der Waals surface area contributed by atoms with Crippen molar-refractivity contribution in [1.29, 1.82) is 5.26 Å². The summed E-state index contributed by atoms with van der Waals surface area (Å²) in [6, 6.07) is 14.2. The number of amides is 1. The fourth-order valence-electron chi connectivity index (χ4n) is 6.90. The van der Waals surface area contributed by atoms with E-state index in [4.69, 9.17) is 31.3 Å². The number of aromatic nitrogens is 3. The van der Waals surface area contributed by atoms with E-state index < -0.39 is 17.8 Å². The van der Waals surface area contributed by atoms with Gasteiger partial charge < -0.3 is 14.5 Å². The average Bonchev–Trinajstić information content (AvgIpc) is 3.04. The van der Waals surface area contributed by atoms with Crippen LogP contribution in [0.2, 0.25) is 5.02 Å². The highest BCUT2D eigenvalue weighted by Crippen LogP contribution is 2.39. The van der Waals surface area contributed by atoms with Crippen LogP contribution in [0.5, 0.6) is 6.01 Å². The molecule has 0 aliphatic carbocycles. The summed E-state index contributed by atoms with van der Waals surface area (Å²) in [4.78, 5) is 32.8. The van der Waals surface area contributed by atoms with Gasteiger partial charge in [-0.2, -0.15) is 15.2 Å². The molecule has 4 heterocycles. The largest absolute Gasteiger partial charge is 0.462 e. The molecule has 0 spiro atoms. The lowest BCUT2D eigenvalue weighted by Crippen LogP contribution is -2.55. The molecule has 2 saturated heterocycles. The number of likely N-dealkylation sites (N-methyl/N-ethyl adjacent to an activating group) is 1. The molecule has 0 saturated carbocycles. The molecule has 238 valence electrons. The molecule has 2 aromatic carbocycles. The van der Waals surface area contributed by atoms with Gasteiger partial charge in [0, 0.05) is 37.4 Å². The number of anilines is 1. The first kappa shape index (κ1) is 31.6. The molecule has 4 aromatic rings. The van der Waals surface area contributed by atoms with E-state index in [1.807, 2.05) is 23.1 Å². The summed E-state index contributed by atoms with van der Waals surface area (Å²) < 4.78 is 20.2. The van der Waals surface area contributed by atoms with Crippen LogP contribution in [0.1, 0.15) is 31.7 Å². The maximum absolute atomic E-state index is 13.9. The van der Waals surface area contributed by atoms with Crippen LogP contribution >= 0.6 is 11.6 Å². The second-order valence-electron chi connectivity index (χ2n) is 12.3. The lowest BCUT2D eigenvalue weighted by molar-refractivity contribution is -0.131. The van der Waals surface area contributed by atoms with Crippen LogP contribution in [0, 0.1) is 24.2 Å². The van der Waals surface area contributed by atoms with E-state index >= 15 is 0 Å². The Morgan fingerprint density at radius 2 is 1.98 bits per heavy atom. The van der Waals surface area contributed by atoms with E-state index in [0.29, 0.717) is 46.5 Å². The standard InChI is InChI=1S/C35H37ClFN7O2/c1-21-9-7-15-42(4)28(21)20-46-35-40-32-27(33(41-35)43-16-17-44(34(45)23(3)37)25(19-43)13-14-38)18-39-31(30(32)36)26-12-6-11-24-10-5-8-22(2)29(24)26/h5-6,8,10-12,18,21,25,28H,3,7,9,13,15-17,19-20H2,1-2,4H3/t21?,25-,28?/m0/s1. The van der Waals surface area contributed by atoms with Crippen LogP contribution in [0.25, 0.3) is 32.9 Å². The quantitative estimate of drug-likeness (QED) is 0.216. The molecule has 6 rings (SSSR count). The number of pyridine rings is 1. The van der Waals surface area contributed by atoms with Crippen LogP contribution < -0.4 is 9.64 Å². The van der Waals surface area contributed by atoms with Crippen molar-refractivity contribution in [1.82, 2.24) is 24.8 Å². The number of fused-ring (bicyclic) bond motifs is 2.